The number of nitro benzene ring substituents is 1. The van der Waals surface area contributed by atoms with Gasteiger partial charge in [0.25, 0.3) is 5.69 Å². The van der Waals surface area contributed by atoms with Gasteiger partial charge in [0.1, 0.15) is 0 Å². The number of benzene rings is 2. The predicted octanol–water partition coefficient (Wildman–Crippen LogP) is 4.21. The molecule has 2 aromatic carbocycles. The zero-order valence-corrected chi connectivity index (χ0v) is 14.2. The Balaban J connectivity index is 1.75. The second-order valence-electron chi connectivity index (χ2n) is 6.62. The molecule has 0 saturated carbocycles. The van der Waals surface area contributed by atoms with E-state index < -0.39 is 0 Å². The van der Waals surface area contributed by atoms with Gasteiger partial charge >= 0.3 is 5.97 Å². The Morgan fingerprint density at radius 2 is 2.12 bits per heavy atom. The van der Waals surface area contributed by atoms with Gasteiger partial charge in [-0.2, -0.15) is 0 Å². The quantitative estimate of drug-likeness (QED) is 0.388. The first-order valence-electron chi connectivity index (χ1n) is 8.48. The number of rotatable bonds is 3. The molecule has 1 heterocycles. The van der Waals surface area contributed by atoms with Crippen LogP contribution in [-0.4, -0.2) is 18.0 Å². The van der Waals surface area contributed by atoms with E-state index in [4.69, 9.17) is 4.74 Å². The normalized spacial score (nSPS) is 22.9. The maximum Gasteiger partial charge on any atom is 0.337 e. The van der Waals surface area contributed by atoms with E-state index in [1.165, 1.54) is 13.2 Å². The molecule has 0 bridgehead atoms. The number of allylic oxidation sites excluding steroid dienone is 2. The van der Waals surface area contributed by atoms with Crippen molar-refractivity contribution in [1.29, 1.82) is 0 Å². The van der Waals surface area contributed by atoms with Crippen LogP contribution in [0.25, 0.3) is 0 Å². The number of methoxy groups -OCH3 is 1. The molecule has 0 fully saturated rings. The van der Waals surface area contributed by atoms with Crippen LogP contribution in [0.15, 0.2) is 54.6 Å². The fraction of sp³-hybridized carbons (Fsp3) is 0.250. The zero-order chi connectivity index (χ0) is 18.3. The molecule has 6 nitrogen and oxygen atoms in total. The Morgan fingerprint density at radius 1 is 1.27 bits per heavy atom. The molecule has 26 heavy (non-hydrogen) atoms. The minimum atomic E-state index is -0.368. The third kappa shape index (κ3) is 2.63. The smallest absolute Gasteiger partial charge is 0.337 e. The van der Waals surface area contributed by atoms with Gasteiger partial charge in [0.2, 0.25) is 0 Å². The lowest BCUT2D eigenvalue weighted by atomic mass is 9.76. The Labute approximate surface area is 150 Å². The van der Waals surface area contributed by atoms with Gasteiger partial charge in [0.15, 0.2) is 0 Å². The summed E-state index contributed by atoms with van der Waals surface area (Å²) in [4.78, 5) is 22.6. The van der Waals surface area contributed by atoms with Gasteiger partial charge in [-0.15, -0.1) is 0 Å². The van der Waals surface area contributed by atoms with E-state index in [1.54, 1.807) is 18.2 Å². The number of carbonyl (C=O) groups excluding carboxylic acids is 1. The van der Waals surface area contributed by atoms with Gasteiger partial charge in [-0.1, -0.05) is 24.3 Å². The molecule has 1 aliphatic heterocycles. The SMILES string of the molecule is COC(=O)c1ccc2c(c1)[C@@H]1C=CC[C@@H]1[C@@H](c1cccc([N+](=O)[O-])c1)N2. The molecule has 6 heteroatoms. The van der Waals surface area contributed by atoms with Crippen LogP contribution < -0.4 is 5.32 Å². The molecule has 4 rings (SSSR count). The van der Waals surface area contributed by atoms with Gasteiger partial charge in [0, 0.05) is 23.7 Å². The Kier molecular flexibility index (Phi) is 3.95. The highest BCUT2D eigenvalue weighted by Gasteiger charge is 2.38. The van der Waals surface area contributed by atoms with Gasteiger partial charge in [-0.3, -0.25) is 10.1 Å². The number of esters is 1. The van der Waals surface area contributed by atoms with E-state index in [0.717, 1.165) is 23.2 Å². The van der Waals surface area contributed by atoms with Crippen molar-refractivity contribution in [3.63, 3.8) is 0 Å². The van der Waals surface area contributed by atoms with E-state index in [1.807, 2.05) is 18.2 Å². The standard InChI is InChI=1S/C20H18N2O4/c1-26-20(23)13-8-9-18-17(11-13)15-6-3-7-16(15)19(21-18)12-4-2-5-14(10-12)22(24)25/h2-6,8-11,15-16,19,21H,7H2,1H3/t15-,16+,19-/m1/s1. The predicted molar refractivity (Wildman–Crippen MR) is 97.2 cm³/mol. The van der Waals surface area contributed by atoms with E-state index >= 15 is 0 Å². The number of nitrogens with one attached hydrogen (secondary N) is 1. The van der Waals surface area contributed by atoms with Crippen molar-refractivity contribution >= 4 is 17.3 Å². The second-order valence-corrected chi connectivity index (χ2v) is 6.62. The third-order valence-electron chi connectivity index (χ3n) is 5.22. The van der Waals surface area contributed by atoms with Crippen molar-refractivity contribution in [3.05, 3.63) is 81.4 Å². The van der Waals surface area contributed by atoms with Crippen LogP contribution in [0.4, 0.5) is 11.4 Å². The number of hydrogen-bond acceptors (Lipinski definition) is 5. The zero-order valence-electron chi connectivity index (χ0n) is 14.2. The van der Waals surface area contributed by atoms with Crippen LogP contribution in [-0.2, 0) is 4.74 Å². The molecule has 2 aliphatic rings. The largest absolute Gasteiger partial charge is 0.465 e. The first-order valence-corrected chi connectivity index (χ1v) is 8.48. The van der Waals surface area contributed by atoms with Crippen LogP contribution in [0, 0.1) is 16.0 Å². The molecule has 1 N–H and O–H groups in total. The first-order chi connectivity index (χ1) is 12.6. The summed E-state index contributed by atoms with van der Waals surface area (Å²) in [5.41, 5.74) is 3.54. The number of anilines is 1. The Hall–Kier alpha value is -3.15. The molecule has 0 amide bonds. The first kappa shape index (κ1) is 16.3. The number of carbonyl (C=O) groups is 1. The number of hydrogen-bond donors (Lipinski definition) is 1. The summed E-state index contributed by atoms with van der Waals surface area (Å²) in [6.45, 7) is 0. The average Bonchev–Trinajstić information content (AvgIpc) is 3.16. The molecule has 3 atom stereocenters. The molecule has 0 aromatic heterocycles. The molecule has 2 aromatic rings. The van der Waals surface area contributed by atoms with Gasteiger partial charge in [-0.25, -0.2) is 4.79 Å². The second kappa shape index (κ2) is 6.29. The van der Waals surface area contributed by atoms with Crippen molar-refractivity contribution in [2.75, 3.05) is 12.4 Å². The maximum atomic E-state index is 11.9. The number of ether oxygens (including phenoxy) is 1. The summed E-state index contributed by atoms with van der Waals surface area (Å²) >= 11 is 0. The molecule has 0 saturated heterocycles. The van der Waals surface area contributed by atoms with Crippen LogP contribution in [0.3, 0.4) is 0 Å². The van der Waals surface area contributed by atoms with Gasteiger partial charge < -0.3 is 10.1 Å². The molecule has 1 aliphatic carbocycles. The third-order valence-corrected chi connectivity index (χ3v) is 5.22. The molecule has 0 unspecified atom stereocenters. The van der Waals surface area contributed by atoms with Gasteiger partial charge in [0.05, 0.1) is 23.6 Å². The lowest BCUT2D eigenvalue weighted by Crippen LogP contribution is -2.29. The molecule has 132 valence electrons. The molecular weight excluding hydrogens is 332 g/mol. The van der Waals surface area contributed by atoms with Crippen molar-refractivity contribution in [3.8, 4) is 0 Å². The highest BCUT2D eigenvalue weighted by Crippen LogP contribution is 2.50. The van der Waals surface area contributed by atoms with E-state index in [0.29, 0.717) is 5.56 Å². The molecular formula is C20H18N2O4. The summed E-state index contributed by atoms with van der Waals surface area (Å²) in [7, 11) is 1.37. The maximum absolute atomic E-state index is 11.9. The van der Waals surface area contributed by atoms with E-state index in [2.05, 4.69) is 17.5 Å². The van der Waals surface area contributed by atoms with Crippen LogP contribution in [0.1, 0.15) is 39.9 Å². The Bertz CT molecular complexity index is 922. The van der Waals surface area contributed by atoms with Crippen molar-refractivity contribution in [2.24, 2.45) is 5.92 Å². The topological polar surface area (TPSA) is 81.5 Å². The number of non-ortho nitro benzene ring substituents is 1. The minimum Gasteiger partial charge on any atom is -0.465 e. The van der Waals surface area contributed by atoms with E-state index in [9.17, 15) is 14.9 Å². The van der Waals surface area contributed by atoms with Crippen molar-refractivity contribution in [2.45, 2.75) is 18.4 Å². The van der Waals surface area contributed by atoms with Crippen LogP contribution in [0.5, 0.6) is 0 Å². The summed E-state index contributed by atoms with van der Waals surface area (Å²) < 4.78 is 4.82. The molecule has 0 spiro atoms. The summed E-state index contributed by atoms with van der Waals surface area (Å²) in [5, 5.41) is 14.6. The van der Waals surface area contributed by atoms with Crippen LogP contribution in [0.2, 0.25) is 0 Å². The monoisotopic (exact) mass is 350 g/mol. The summed E-state index contributed by atoms with van der Waals surface area (Å²) in [6.07, 6.45) is 5.18. The number of fused-ring (bicyclic) bond motifs is 3. The highest BCUT2D eigenvalue weighted by molar-refractivity contribution is 5.90. The Morgan fingerprint density at radius 3 is 2.88 bits per heavy atom. The minimum absolute atomic E-state index is 0.0219. The van der Waals surface area contributed by atoms with Crippen molar-refractivity contribution < 1.29 is 14.5 Å². The fourth-order valence-electron chi connectivity index (χ4n) is 4.00. The lowest BCUT2D eigenvalue weighted by Gasteiger charge is -2.37. The molecule has 0 radical (unpaired) electrons. The summed E-state index contributed by atoms with van der Waals surface area (Å²) in [5.74, 6) is 0.0599. The fourth-order valence-corrected chi connectivity index (χ4v) is 4.00. The number of nitrogens with zero attached hydrogens (tertiary/aromatic N) is 1. The lowest BCUT2D eigenvalue weighted by molar-refractivity contribution is -0.384. The summed E-state index contributed by atoms with van der Waals surface area (Å²) in [6, 6.07) is 12.3. The highest BCUT2D eigenvalue weighted by atomic mass is 16.6. The van der Waals surface area contributed by atoms with Gasteiger partial charge in [-0.05, 0) is 41.7 Å². The average molecular weight is 350 g/mol. The van der Waals surface area contributed by atoms with Crippen LogP contribution >= 0.6 is 0 Å². The number of nitro groups is 1. The van der Waals surface area contributed by atoms with Crippen molar-refractivity contribution in [1.82, 2.24) is 0 Å². The van der Waals surface area contributed by atoms with E-state index in [-0.39, 0.29) is 34.5 Å².